The minimum absolute atomic E-state index is 0.197. The van der Waals surface area contributed by atoms with Crippen LogP contribution < -0.4 is 14.8 Å². The largest absolute Gasteiger partial charge is 0.497 e. The van der Waals surface area contributed by atoms with Crippen LogP contribution in [0.3, 0.4) is 0 Å². The molecule has 2 rings (SSSR count). The fraction of sp³-hybridized carbons (Fsp3) is 0.267. The lowest BCUT2D eigenvalue weighted by Gasteiger charge is -2.14. The van der Waals surface area contributed by atoms with Gasteiger partial charge in [0.05, 0.1) is 19.9 Å². The molecule has 5 nitrogen and oxygen atoms in total. The van der Waals surface area contributed by atoms with Crippen LogP contribution in [-0.2, 0) is 11.3 Å². The van der Waals surface area contributed by atoms with Crippen molar-refractivity contribution in [3.63, 3.8) is 0 Å². The highest BCUT2D eigenvalue weighted by molar-refractivity contribution is 5.80. The second-order valence-electron chi connectivity index (χ2n) is 4.23. The first-order valence-corrected chi connectivity index (χ1v) is 6.30. The summed E-state index contributed by atoms with van der Waals surface area (Å²) in [5, 5.41) is 2.75. The van der Waals surface area contributed by atoms with Gasteiger partial charge in [-0.05, 0) is 43.3 Å². The van der Waals surface area contributed by atoms with Gasteiger partial charge in [-0.3, -0.25) is 4.79 Å². The number of amides is 1. The van der Waals surface area contributed by atoms with Gasteiger partial charge in [0.1, 0.15) is 17.3 Å². The van der Waals surface area contributed by atoms with Gasteiger partial charge in [-0.1, -0.05) is 0 Å². The minimum Gasteiger partial charge on any atom is -0.497 e. The third-order valence-electron chi connectivity index (χ3n) is 2.76. The molecule has 1 amide bonds. The lowest BCUT2D eigenvalue weighted by atomic mass is 10.3. The maximum atomic E-state index is 11.9. The van der Waals surface area contributed by atoms with Gasteiger partial charge >= 0.3 is 0 Å². The first kappa shape index (κ1) is 14.0. The average molecular weight is 275 g/mol. The Morgan fingerprint density at radius 2 is 1.95 bits per heavy atom. The molecule has 0 spiro atoms. The van der Waals surface area contributed by atoms with Crippen LogP contribution in [0.5, 0.6) is 11.5 Å². The zero-order valence-electron chi connectivity index (χ0n) is 11.5. The SMILES string of the molecule is COc1ccc(O[C@@H](C)C(=O)NCc2ccco2)cc1. The van der Waals surface area contributed by atoms with E-state index < -0.39 is 6.10 Å². The van der Waals surface area contributed by atoms with Gasteiger partial charge in [0, 0.05) is 0 Å². The Morgan fingerprint density at radius 1 is 1.25 bits per heavy atom. The van der Waals surface area contributed by atoms with Crippen LogP contribution in [0.25, 0.3) is 0 Å². The number of hydrogen-bond acceptors (Lipinski definition) is 4. The predicted octanol–water partition coefficient (Wildman–Crippen LogP) is 2.37. The second kappa shape index (κ2) is 6.65. The highest BCUT2D eigenvalue weighted by atomic mass is 16.5. The number of methoxy groups -OCH3 is 1. The molecule has 0 bridgehead atoms. The monoisotopic (exact) mass is 275 g/mol. The maximum Gasteiger partial charge on any atom is 0.261 e. The molecule has 0 saturated carbocycles. The van der Waals surface area contributed by atoms with Crippen LogP contribution in [0.1, 0.15) is 12.7 Å². The van der Waals surface area contributed by atoms with E-state index in [9.17, 15) is 4.79 Å². The van der Waals surface area contributed by atoms with E-state index in [-0.39, 0.29) is 5.91 Å². The van der Waals surface area contributed by atoms with Crippen LogP contribution in [0.15, 0.2) is 47.1 Å². The van der Waals surface area contributed by atoms with E-state index in [0.29, 0.717) is 18.1 Å². The quantitative estimate of drug-likeness (QED) is 0.879. The van der Waals surface area contributed by atoms with Crippen LogP contribution in [-0.4, -0.2) is 19.1 Å². The van der Waals surface area contributed by atoms with Crippen molar-refractivity contribution in [1.29, 1.82) is 0 Å². The standard InChI is InChI=1S/C15H17NO4/c1-11(15(17)16-10-14-4-3-9-19-14)20-13-7-5-12(18-2)6-8-13/h3-9,11H,10H2,1-2H3,(H,16,17)/t11-/m0/s1. The van der Waals surface area contributed by atoms with E-state index in [1.807, 2.05) is 0 Å². The summed E-state index contributed by atoms with van der Waals surface area (Å²) in [5.41, 5.74) is 0. The topological polar surface area (TPSA) is 60.7 Å². The zero-order valence-corrected chi connectivity index (χ0v) is 11.5. The molecule has 1 aromatic carbocycles. The molecule has 1 heterocycles. The molecule has 0 aliphatic heterocycles. The van der Waals surface area contributed by atoms with Crippen molar-refractivity contribution in [2.24, 2.45) is 0 Å². The molecule has 1 aromatic heterocycles. The third-order valence-corrected chi connectivity index (χ3v) is 2.76. The van der Waals surface area contributed by atoms with E-state index in [0.717, 1.165) is 5.75 Å². The number of rotatable bonds is 6. The van der Waals surface area contributed by atoms with Crippen LogP contribution in [0.2, 0.25) is 0 Å². The molecular weight excluding hydrogens is 258 g/mol. The molecule has 20 heavy (non-hydrogen) atoms. The molecule has 0 radical (unpaired) electrons. The summed E-state index contributed by atoms with van der Waals surface area (Å²) in [6.07, 6.45) is 0.983. The molecule has 1 atom stereocenters. The summed E-state index contributed by atoms with van der Waals surface area (Å²) >= 11 is 0. The summed E-state index contributed by atoms with van der Waals surface area (Å²) in [4.78, 5) is 11.9. The lowest BCUT2D eigenvalue weighted by molar-refractivity contribution is -0.127. The number of hydrogen-bond donors (Lipinski definition) is 1. The van der Waals surface area contributed by atoms with E-state index in [1.165, 1.54) is 0 Å². The molecule has 0 aliphatic rings. The Labute approximate surface area is 117 Å². The highest BCUT2D eigenvalue weighted by Crippen LogP contribution is 2.18. The van der Waals surface area contributed by atoms with Crippen molar-refractivity contribution in [2.45, 2.75) is 19.6 Å². The molecule has 1 N–H and O–H groups in total. The number of carbonyl (C=O) groups excluding carboxylic acids is 1. The molecule has 0 unspecified atom stereocenters. The molecule has 0 saturated heterocycles. The second-order valence-corrected chi connectivity index (χ2v) is 4.23. The van der Waals surface area contributed by atoms with Gasteiger partial charge in [0.25, 0.3) is 5.91 Å². The van der Waals surface area contributed by atoms with E-state index in [2.05, 4.69) is 5.32 Å². The molecule has 0 aliphatic carbocycles. The molecule has 2 aromatic rings. The van der Waals surface area contributed by atoms with Crippen LogP contribution in [0.4, 0.5) is 0 Å². The van der Waals surface area contributed by atoms with Gasteiger partial charge in [0.2, 0.25) is 0 Å². The Balaban J connectivity index is 1.83. The zero-order chi connectivity index (χ0) is 14.4. The van der Waals surface area contributed by atoms with Gasteiger partial charge in [-0.15, -0.1) is 0 Å². The van der Waals surface area contributed by atoms with Crippen molar-refractivity contribution in [3.05, 3.63) is 48.4 Å². The van der Waals surface area contributed by atoms with E-state index in [4.69, 9.17) is 13.9 Å². The summed E-state index contributed by atoms with van der Waals surface area (Å²) in [5.74, 6) is 1.87. The minimum atomic E-state index is -0.585. The lowest BCUT2D eigenvalue weighted by Crippen LogP contribution is -2.35. The van der Waals surface area contributed by atoms with Gasteiger partial charge in [-0.25, -0.2) is 0 Å². The van der Waals surface area contributed by atoms with Crippen LogP contribution >= 0.6 is 0 Å². The fourth-order valence-electron chi connectivity index (χ4n) is 1.64. The molecular formula is C15H17NO4. The van der Waals surface area contributed by atoms with Crippen molar-refractivity contribution >= 4 is 5.91 Å². The molecule has 0 fully saturated rings. The Kier molecular flexibility index (Phi) is 4.65. The summed E-state index contributed by atoms with van der Waals surface area (Å²) in [6.45, 7) is 2.05. The van der Waals surface area contributed by atoms with E-state index in [1.54, 1.807) is 56.7 Å². The Morgan fingerprint density at radius 3 is 2.55 bits per heavy atom. The maximum absolute atomic E-state index is 11.9. The number of benzene rings is 1. The van der Waals surface area contributed by atoms with Crippen molar-refractivity contribution in [3.8, 4) is 11.5 Å². The van der Waals surface area contributed by atoms with Crippen molar-refractivity contribution in [2.75, 3.05) is 7.11 Å². The van der Waals surface area contributed by atoms with Crippen molar-refractivity contribution < 1.29 is 18.7 Å². The average Bonchev–Trinajstić information content (AvgIpc) is 2.98. The summed E-state index contributed by atoms with van der Waals surface area (Å²) < 4.78 is 15.7. The number of furan rings is 1. The van der Waals surface area contributed by atoms with Crippen molar-refractivity contribution in [1.82, 2.24) is 5.32 Å². The number of ether oxygens (including phenoxy) is 2. The van der Waals surface area contributed by atoms with Crippen LogP contribution in [0, 0.1) is 0 Å². The van der Waals surface area contributed by atoms with Gasteiger partial charge in [0.15, 0.2) is 6.10 Å². The first-order chi connectivity index (χ1) is 9.69. The van der Waals surface area contributed by atoms with E-state index >= 15 is 0 Å². The smallest absolute Gasteiger partial charge is 0.261 e. The Bertz CT molecular complexity index is 534. The first-order valence-electron chi connectivity index (χ1n) is 6.30. The number of nitrogens with one attached hydrogen (secondary N) is 1. The summed E-state index contributed by atoms with van der Waals surface area (Å²) in [6, 6.07) is 10.7. The number of carbonyl (C=O) groups is 1. The fourth-order valence-corrected chi connectivity index (χ4v) is 1.64. The van der Waals surface area contributed by atoms with Gasteiger partial charge in [-0.2, -0.15) is 0 Å². The predicted molar refractivity (Wildman–Crippen MR) is 73.6 cm³/mol. The van der Waals surface area contributed by atoms with Gasteiger partial charge < -0.3 is 19.2 Å². The third kappa shape index (κ3) is 3.78. The highest BCUT2D eigenvalue weighted by Gasteiger charge is 2.14. The normalized spacial score (nSPS) is 11.7. The summed E-state index contributed by atoms with van der Waals surface area (Å²) in [7, 11) is 1.60. The molecule has 5 heteroatoms. The Hall–Kier alpha value is -2.43. The molecule has 106 valence electrons.